The molecule has 0 saturated carbocycles. The number of piperidine rings is 1. The summed E-state index contributed by atoms with van der Waals surface area (Å²) in [6.45, 7) is 9.56. The first-order valence-corrected chi connectivity index (χ1v) is 9.92. The van der Waals surface area contributed by atoms with Crippen molar-refractivity contribution in [2.75, 3.05) is 46.5 Å². The van der Waals surface area contributed by atoms with Crippen LogP contribution in [0.15, 0.2) is 29.3 Å². The van der Waals surface area contributed by atoms with Crippen LogP contribution in [0.4, 0.5) is 0 Å². The third kappa shape index (κ3) is 9.25. The topological polar surface area (TPSA) is 46.1 Å². The summed E-state index contributed by atoms with van der Waals surface area (Å²) >= 11 is 0. The standard InChI is InChI=1S/C21H35N3O2.HI/c1-4-22-21(23-12-9-19-8-5-7-18(2)17-19)24-13-10-20(11-14-24)26-16-6-15-25-3;/h5,7-8,17,20H,4,6,9-16H2,1-3H3,(H,22,23);1H. The Kier molecular flexibility index (Phi) is 12.7. The fourth-order valence-corrected chi connectivity index (χ4v) is 3.27. The lowest BCUT2D eigenvalue weighted by atomic mass is 10.1. The van der Waals surface area contributed by atoms with E-state index in [1.807, 2.05) is 0 Å². The molecule has 0 spiro atoms. The van der Waals surface area contributed by atoms with Gasteiger partial charge in [-0.1, -0.05) is 29.8 Å². The Hall–Kier alpha value is -0.860. The van der Waals surface area contributed by atoms with E-state index in [2.05, 4.69) is 48.3 Å². The number of nitrogens with one attached hydrogen (secondary N) is 1. The minimum Gasteiger partial charge on any atom is -0.385 e. The molecule has 6 heteroatoms. The maximum atomic E-state index is 5.96. The number of benzene rings is 1. The molecule has 27 heavy (non-hydrogen) atoms. The highest BCUT2D eigenvalue weighted by Gasteiger charge is 2.21. The van der Waals surface area contributed by atoms with E-state index in [0.717, 1.165) is 71.0 Å². The Morgan fingerprint density at radius 2 is 2.04 bits per heavy atom. The largest absolute Gasteiger partial charge is 0.385 e. The lowest BCUT2D eigenvalue weighted by molar-refractivity contribution is 0.00991. The molecule has 1 saturated heterocycles. The zero-order chi connectivity index (χ0) is 18.6. The average Bonchev–Trinajstić information content (AvgIpc) is 2.65. The Bertz CT molecular complexity index is 546. The van der Waals surface area contributed by atoms with Crippen LogP contribution in [0, 0.1) is 6.92 Å². The van der Waals surface area contributed by atoms with Crippen LogP contribution < -0.4 is 5.32 Å². The van der Waals surface area contributed by atoms with Gasteiger partial charge in [-0.3, -0.25) is 4.99 Å². The van der Waals surface area contributed by atoms with E-state index in [-0.39, 0.29) is 24.0 Å². The van der Waals surface area contributed by atoms with Gasteiger partial charge in [0.1, 0.15) is 0 Å². The molecule has 1 fully saturated rings. The number of halogens is 1. The zero-order valence-electron chi connectivity index (χ0n) is 17.1. The predicted octanol–water partition coefficient (Wildman–Crippen LogP) is 3.64. The van der Waals surface area contributed by atoms with Gasteiger partial charge in [0.15, 0.2) is 5.96 Å². The summed E-state index contributed by atoms with van der Waals surface area (Å²) in [5.74, 6) is 1.04. The molecular weight excluding hydrogens is 453 g/mol. The maximum absolute atomic E-state index is 5.96. The molecule has 1 aliphatic rings. The predicted molar refractivity (Wildman–Crippen MR) is 123 cm³/mol. The van der Waals surface area contributed by atoms with E-state index < -0.39 is 0 Å². The molecule has 0 atom stereocenters. The quantitative estimate of drug-likeness (QED) is 0.249. The van der Waals surface area contributed by atoms with Crippen molar-refractivity contribution in [3.63, 3.8) is 0 Å². The summed E-state index contributed by atoms with van der Waals surface area (Å²) in [6.07, 6.45) is 4.46. The highest BCUT2D eigenvalue weighted by molar-refractivity contribution is 14.0. The lowest BCUT2D eigenvalue weighted by Gasteiger charge is -2.34. The first-order valence-electron chi connectivity index (χ1n) is 9.92. The van der Waals surface area contributed by atoms with Crippen molar-refractivity contribution in [2.45, 2.75) is 45.6 Å². The second-order valence-electron chi connectivity index (χ2n) is 6.88. The van der Waals surface area contributed by atoms with E-state index in [9.17, 15) is 0 Å². The highest BCUT2D eigenvalue weighted by Crippen LogP contribution is 2.14. The van der Waals surface area contributed by atoms with Crippen LogP contribution in [0.3, 0.4) is 0 Å². The number of likely N-dealkylation sites (tertiary alicyclic amines) is 1. The van der Waals surface area contributed by atoms with Gasteiger partial charge in [-0.05, 0) is 45.1 Å². The fourth-order valence-electron chi connectivity index (χ4n) is 3.27. The molecule has 154 valence electrons. The normalized spacial score (nSPS) is 15.5. The minimum atomic E-state index is 0. The lowest BCUT2D eigenvalue weighted by Crippen LogP contribution is -2.47. The molecule has 0 bridgehead atoms. The summed E-state index contributed by atoms with van der Waals surface area (Å²) in [4.78, 5) is 7.22. The molecule has 0 aliphatic carbocycles. The van der Waals surface area contributed by atoms with Gasteiger partial charge in [0.05, 0.1) is 6.10 Å². The number of methoxy groups -OCH3 is 1. The van der Waals surface area contributed by atoms with Gasteiger partial charge in [0.2, 0.25) is 0 Å². The summed E-state index contributed by atoms with van der Waals surface area (Å²) in [7, 11) is 1.74. The number of hydrogen-bond donors (Lipinski definition) is 1. The van der Waals surface area contributed by atoms with Gasteiger partial charge in [0.25, 0.3) is 0 Å². The number of hydrogen-bond acceptors (Lipinski definition) is 3. The Morgan fingerprint density at radius 3 is 2.70 bits per heavy atom. The average molecular weight is 489 g/mol. The van der Waals surface area contributed by atoms with Gasteiger partial charge in [-0.25, -0.2) is 0 Å². The number of aliphatic imine (C=N–C) groups is 1. The molecule has 1 N–H and O–H groups in total. The third-order valence-corrected chi connectivity index (χ3v) is 4.67. The Balaban J connectivity index is 0.00000364. The van der Waals surface area contributed by atoms with E-state index >= 15 is 0 Å². The van der Waals surface area contributed by atoms with Gasteiger partial charge in [-0.15, -0.1) is 24.0 Å². The molecule has 0 aromatic heterocycles. The molecule has 2 rings (SSSR count). The fraction of sp³-hybridized carbons (Fsp3) is 0.667. The minimum absolute atomic E-state index is 0. The van der Waals surface area contributed by atoms with E-state index in [0.29, 0.717) is 6.10 Å². The molecule has 1 aromatic carbocycles. The number of rotatable bonds is 9. The number of ether oxygens (including phenoxy) is 2. The molecule has 1 heterocycles. The van der Waals surface area contributed by atoms with Crippen molar-refractivity contribution in [1.82, 2.24) is 10.2 Å². The SMILES string of the molecule is CCNC(=NCCc1cccc(C)c1)N1CCC(OCCCOC)CC1.I. The molecule has 1 aliphatic heterocycles. The number of nitrogens with zero attached hydrogens (tertiary/aromatic N) is 2. The molecular formula is C21H36IN3O2. The van der Waals surface area contributed by atoms with Crippen LogP contribution in [-0.4, -0.2) is 63.5 Å². The van der Waals surface area contributed by atoms with Gasteiger partial charge in [-0.2, -0.15) is 0 Å². The van der Waals surface area contributed by atoms with Gasteiger partial charge < -0.3 is 19.7 Å². The van der Waals surface area contributed by atoms with Crippen LogP contribution in [0.5, 0.6) is 0 Å². The third-order valence-electron chi connectivity index (χ3n) is 4.67. The van der Waals surface area contributed by atoms with Crippen molar-refractivity contribution in [3.8, 4) is 0 Å². The number of guanidine groups is 1. The van der Waals surface area contributed by atoms with E-state index in [1.165, 1.54) is 11.1 Å². The molecule has 0 unspecified atom stereocenters. The highest BCUT2D eigenvalue weighted by atomic mass is 127. The molecule has 0 radical (unpaired) electrons. The Labute approximate surface area is 181 Å². The van der Waals surface area contributed by atoms with Crippen molar-refractivity contribution < 1.29 is 9.47 Å². The van der Waals surface area contributed by atoms with E-state index in [4.69, 9.17) is 14.5 Å². The Morgan fingerprint density at radius 1 is 1.26 bits per heavy atom. The summed E-state index contributed by atoms with van der Waals surface area (Å²) in [5.41, 5.74) is 2.67. The van der Waals surface area contributed by atoms with E-state index in [1.54, 1.807) is 7.11 Å². The van der Waals surface area contributed by atoms with Crippen LogP contribution in [0.25, 0.3) is 0 Å². The van der Waals surface area contributed by atoms with Crippen LogP contribution in [0.2, 0.25) is 0 Å². The molecule has 1 aromatic rings. The van der Waals surface area contributed by atoms with Crippen molar-refractivity contribution in [3.05, 3.63) is 35.4 Å². The van der Waals surface area contributed by atoms with Crippen LogP contribution in [0.1, 0.15) is 37.3 Å². The van der Waals surface area contributed by atoms with Crippen LogP contribution >= 0.6 is 24.0 Å². The molecule has 5 nitrogen and oxygen atoms in total. The van der Waals surface area contributed by atoms with Gasteiger partial charge in [0, 0.05) is 46.5 Å². The monoisotopic (exact) mass is 489 g/mol. The summed E-state index contributed by atoms with van der Waals surface area (Å²) < 4.78 is 11.0. The maximum Gasteiger partial charge on any atom is 0.193 e. The summed E-state index contributed by atoms with van der Waals surface area (Å²) in [5, 5.41) is 3.44. The van der Waals surface area contributed by atoms with Gasteiger partial charge >= 0.3 is 0 Å². The zero-order valence-corrected chi connectivity index (χ0v) is 19.4. The second kappa shape index (κ2) is 14.2. The number of aryl methyl sites for hydroxylation is 1. The first kappa shape index (κ1) is 24.2. The van der Waals surface area contributed by atoms with Crippen LogP contribution in [-0.2, 0) is 15.9 Å². The smallest absolute Gasteiger partial charge is 0.193 e. The second-order valence-corrected chi connectivity index (χ2v) is 6.88. The van der Waals surface area contributed by atoms with Crippen molar-refractivity contribution >= 4 is 29.9 Å². The van der Waals surface area contributed by atoms with Crippen molar-refractivity contribution in [2.24, 2.45) is 4.99 Å². The molecule has 0 amide bonds. The first-order chi connectivity index (χ1) is 12.7. The van der Waals surface area contributed by atoms with Crippen molar-refractivity contribution in [1.29, 1.82) is 0 Å². The summed E-state index contributed by atoms with van der Waals surface area (Å²) in [6, 6.07) is 8.69.